The van der Waals surface area contributed by atoms with Gasteiger partial charge in [0.15, 0.2) is 6.10 Å². The topological polar surface area (TPSA) is 71.8 Å². The Hall–Kier alpha value is -2.67. The van der Waals surface area contributed by atoms with Crippen LogP contribution in [-0.2, 0) is 20.7 Å². The normalized spacial score (nSPS) is 20.3. The van der Waals surface area contributed by atoms with Crippen LogP contribution in [0.1, 0.15) is 23.1 Å². The van der Waals surface area contributed by atoms with Gasteiger partial charge >= 0.3 is 0 Å². The Kier molecular flexibility index (Phi) is 5.37. The number of carbonyl (C=O) groups excluding carboxylic acids is 2. The molecular formula is C19H21FN2O4. The third-order valence-electron chi connectivity index (χ3n) is 4.42. The van der Waals surface area contributed by atoms with Crippen molar-refractivity contribution in [1.29, 1.82) is 0 Å². The summed E-state index contributed by atoms with van der Waals surface area (Å²) in [5.74, 6) is 0.679. The Morgan fingerprint density at radius 2 is 2.00 bits per heavy atom. The van der Waals surface area contributed by atoms with Gasteiger partial charge in [-0.05, 0) is 36.8 Å². The van der Waals surface area contributed by atoms with E-state index in [0.717, 1.165) is 11.5 Å². The Labute approximate surface area is 150 Å². The Morgan fingerprint density at radius 1 is 1.27 bits per heavy atom. The summed E-state index contributed by atoms with van der Waals surface area (Å²) in [6.45, 7) is 2.08. The number of amides is 2. The summed E-state index contributed by atoms with van der Waals surface area (Å²) in [7, 11) is 1.62. The van der Waals surface area contributed by atoms with Crippen molar-refractivity contribution < 1.29 is 23.1 Å². The number of hydrogen-bond acceptors (Lipinski definition) is 4. The van der Waals surface area contributed by atoms with Crippen molar-refractivity contribution in [1.82, 2.24) is 10.2 Å². The van der Waals surface area contributed by atoms with E-state index in [1.165, 1.54) is 17.0 Å². The monoisotopic (exact) mass is 360 g/mol. The van der Waals surface area contributed by atoms with Crippen molar-refractivity contribution in [2.75, 3.05) is 20.2 Å². The molecule has 26 heavy (non-hydrogen) atoms. The van der Waals surface area contributed by atoms with Crippen LogP contribution < -0.4 is 5.32 Å². The van der Waals surface area contributed by atoms with Crippen LogP contribution in [0.15, 0.2) is 40.8 Å². The first kappa shape index (κ1) is 18.1. The highest BCUT2D eigenvalue weighted by atomic mass is 19.1. The van der Waals surface area contributed by atoms with E-state index in [2.05, 4.69) is 5.32 Å². The molecule has 7 heteroatoms. The number of rotatable bonds is 5. The number of halogens is 1. The molecule has 1 N–H and O–H groups in total. The van der Waals surface area contributed by atoms with Gasteiger partial charge in [0.25, 0.3) is 5.91 Å². The van der Waals surface area contributed by atoms with Crippen LogP contribution in [0.2, 0.25) is 0 Å². The number of furan rings is 1. The van der Waals surface area contributed by atoms with Gasteiger partial charge in [0.2, 0.25) is 5.91 Å². The predicted molar refractivity (Wildman–Crippen MR) is 91.8 cm³/mol. The molecule has 2 atom stereocenters. The molecule has 1 aromatic heterocycles. The molecule has 0 bridgehead atoms. The molecule has 2 amide bonds. The standard InChI is InChI=1S/C19H21FN2O4/c1-12-3-8-15(26-12)9-10-21-19(24)18-17(22(2)16(23)11-25-18)13-4-6-14(20)7-5-13/h3-8,17-18H,9-11H2,1-2H3,(H,21,24)/t17-,18+/m0/s1. The van der Waals surface area contributed by atoms with Crippen molar-refractivity contribution in [3.63, 3.8) is 0 Å². The summed E-state index contributed by atoms with van der Waals surface area (Å²) in [6.07, 6.45) is -0.302. The minimum absolute atomic E-state index is 0.163. The van der Waals surface area contributed by atoms with Gasteiger partial charge in [-0.3, -0.25) is 9.59 Å². The van der Waals surface area contributed by atoms with E-state index in [1.807, 2.05) is 19.1 Å². The van der Waals surface area contributed by atoms with Gasteiger partial charge in [0, 0.05) is 20.0 Å². The van der Waals surface area contributed by atoms with Gasteiger partial charge in [-0.15, -0.1) is 0 Å². The number of nitrogens with one attached hydrogen (secondary N) is 1. The Morgan fingerprint density at radius 3 is 2.65 bits per heavy atom. The van der Waals surface area contributed by atoms with Crippen LogP contribution in [0.4, 0.5) is 4.39 Å². The van der Waals surface area contributed by atoms with Gasteiger partial charge in [0.1, 0.15) is 23.9 Å². The smallest absolute Gasteiger partial charge is 0.251 e. The van der Waals surface area contributed by atoms with Crippen molar-refractivity contribution >= 4 is 11.8 Å². The zero-order valence-corrected chi connectivity index (χ0v) is 14.7. The zero-order chi connectivity index (χ0) is 18.7. The summed E-state index contributed by atoms with van der Waals surface area (Å²) < 4.78 is 24.2. The lowest BCUT2D eigenvalue weighted by Crippen LogP contribution is -2.53. The fraction of sp³-hybridized carbons (Fsp3) is 0.368. The maximum absolute atomic E-state index is 13.2. The molecule has 0 spiro atoms. The molecule has 2 heterocycles. The average molecular weight is 360 g/mol. The predicted octanol–water partition coefficient (Wildman–Crippen LogP) is 1.98. The lowest BCUT2D eigenvalue weighted by atomic mass is 9.97. The van der Waals surface area contributed by atoms with Crippen molar-refractivity contribution in [2.45, 2.75) is 25.5 Å². The van der Waals surface area contributed by atoms with E-state index in [0.29, 0.717) is 18.5 Å². The fourth-order valence-corrected chi connectivity index (χ4v) is 3.02. The minimum atomic E-state index is -0.860. The third-order valence-corrected chi connectivity index (χ3v) is 4.42. The highest BCUT2D eigenvalue weighted by molar-refractivity contribution is 5.86. The number of carbonyl (C=O) groups is 2. The van der Waals surface area contributed by atoms with Gasteiger partial charge < -0.3 is 19.4 Å². The summed E-state index contributed by atoms with van der Waals surface area (Å²) in [5.41, 5.74) is 0.642. The molecule has 1 aromatic carbocycles. The van der Waals surface area contributed by atoms with Gasteiger partial charge in [0.05, 0.1) is 6.04 Å². The van der Waals surface area contributed by atoms with Crippen LogP contribution >= 0.6 is 0 Å². The lowest BCUT2D eigenvalue weighted by Gasteiger charge is -2.38. The average Bonchev–Trinajstić information content (AvgIpc) is 3.03. The van der Waals surface area contributed by atoms with Crippen molar-refractivity contribution in [3.8, 4) is 0 Å². The second-order valence-electron chi connectivity index (χ2n) is 6.29. The number of aryl methyl sites for hydroxylation is 1. The summed E-state index contributed by atoms with van der Waals surface area (Å²) >= 11 is 0. The summed E-state index contributed by atoms with van der Waals surface area (Å²) in [6, 6.07) is 8.85. The molecule has 3 rings (SSSR count). The van der Waals surface area contributed by atoms with Gasteiger partial charge in [-0.2, -0.15) is 0 Å². The fourth-order valence-electron chi connectivity index (χ4n) is 3.02. The lowest BCUT2D eigenvalue weighted by molar-refractivity contribution is -0.162. The number of likely N-dealkylation sites (N-methyl/N-ethyl adjacent to an activating group) is 1. The van der Waals surface area contributed by atoms with E-state index >= 15 is 0 Å². The first-order valence-corrected chi connectivity index (χ1v) is 8.41. The molecule has 0 saturated carbocycles. The molecule has 0 radical (unpaired) electrons. The number of hydrogen-bond donors (Lipinski definition) is 1. The van der Waals surface area contributed by atoms with Gasteiger partial charge in [-0.1, -0.05) is 12.1 Å². The van der Waals surface area contributed by atoms with Gasteiger partial charge in [-0.25, -0.2) is 4.39 Å². The second kappa shape index (κ2) is 7.70. The maximum atomic E-state index is 13.2. The van der Waals surface area contributed by atoms with Crippen molar-refractivity contribution in [2.24, 2.45) is 0 Å². The molecule has 0 aliphatic carbocycles. The molecule has 1 fully saturated rings. The summed E-state index contributed by atoms with van der Waals surface area (Å²) in [5, 5.41) is 2.82. The highest BCUT2D eigenvalue weighted by Gasteiger charge is 2.39. The van der Waals surface area contributed by atoms with Crippen LogP contribution in [-0.4, -0.2) is 43.0 Å². The number of benzene rings is 1. The number of ether oxygens (including phenoxy) is 1. The maximum Gasteiger partial charge on any atom is 0.251 e. The Balaban J connectivity index is 1.69. The minimum Gasteiger partial charge on any atom is -0.466 e. The van der Waals surface area contributed by atoms with E-state index < -0.39 is 12.1 Å². The first-order chi connectivity index (χ1) is 12.5. The van der Waals surface area contributed by atoms with Crippen molar-refractivity contribution in [3.05, 3.63) is 59.3 Å². The molecule has 1 aliphatic rings. The van der Waals surface area contributed by atoms with Crippen LogP contribution in [0.5, 0.6) is 0 Å². The van der Waals surface area contributed by atoms with E-state index in [-0.39, 0.29) is 24.2 Å². The Bertz CT molecular complexity index is 787. The molecule has 2 aromatic rings. The molecule has 1 aliphatic heterocycles. The van der Waals surface area contributed by atoms with E-state index in [9.17, 15) is 14.0 Å². The number of nitrogens with zero attached hydrogens (tertiary/aromatic N) is 1. The summed E-state index contributed by atoms with van der Waals surface area (Å²) in [4.78, 5) is 26.1. The third kappa shape index (κ3) is 3.94. The quantitative estimate of drug-likeness (QED) is 0.885. The first-order valence-electron chi connectivity index (χ1n) is 8.41. The van der Waals surface area contributed by atoms with Crippen LogP contribution in [0.3, 0.4) is 0 Å². The van der Waals surface area contributed by atoms with Crippen LogP contribution in [0, 0.1) is 12.7 Å². The molecule has 1 saturated heterocycles. The largest absolute Gasteiger partial charge is 0.466 e. The number of morpholine rings is 1. The second-order valence-corrected chi connectivity index (χ2v) is 6.29. The molecule has 0 unspecified atom stereocenters. The van der Waals surface area contributed by atoms with E-state index in [1.54, 1.807) is 19.2 Å². The highest BCUT2D eigenvalue weighted by Crippen LogP contribution is 2.29. The SMILES string of the molecule is Cc1ccc(CCNC(=O)[C@@H]2OCC(=O)N(C)[C@H]2c2ccc(F)cc2)o1. The van der Waals surface area contributed by atoms with Crippen LogP contribution in [0.25, 0.3) is 0 Å². The molecule has 138 valence electrons. The molecule has 6 nitrogen and oxygen atoms in total. The molecular weight excluding hydrogens is 339 g/mol. The zero-order valence-electron chi connectivity index (χ0n) is 14.7. The van der Waals surface area contributed by atoms with E-state index in [4.69, 9.17) is 9.15 Å².